The van der Waals surface area contributed by atoms with E-state index in [4.69, 9.17) is 4.74 Å². The number of methoxy groups -OCH3 is 1. The molecule has 0 spiro atoms. The van der Waals surface area contributed by atoms with E-state index in [-0.39, 0.29) is 5.97 Å². The van der Waals surface area contributed by atoms with Crippen LogP contribution in [-0.2, 0) is 15.1 Å². The molecule has 1 saturated carbocycles. The van der Waals surface area contributed by atoms with Gasteiger partial charge < -0.3 is 4.74 Å². The molecule has 1 aliphatic carbocycles. The van der Waals surface area contributed by atoms with Crippen molar-refractivity contribution in [3.8, 4) is 0 Å². The van der Waals surface area contributed by atoms with Gasteiger partial charge in [-0.15, -0.1) is 11.8 Å². The first-order chi connectivity index (χ1) is 8.60. The lowest BCUT2D eigenvalue weighted by atomic mass is 9.92. The van der Waals surface area contributed by atoms with Gasteiger partial charge in [0.1, 0.15) is 5.54 Å². The molecular weight excluding hydrogens is 246 g/mol. The van der Waals surface area contributed by atoms with Crippen LogP contribution in [0.15, 0.2) is 29.2 Å². The molecule has 0 aromatic heterocycles. The highest BCUT2D eigenvalue weighted by Gasteiger charge is 2.40. The highest BCUT2D eigenvalue weighted by atomic mass is 32.2. The Bertz CT molecular complexity index is 428. The molecule has 0 radical (unpaired) electrons. The van der Waals surface area contributed by atoms with Crippen LogP contribution in [0.5, 0.6) is 0 Å². The Morgan fingerprint density at radius 3 is 2.44 bits per heavy atom. The predicted molar refractivity (Wildman–Crippen MR) is 73.7 cm³/mol. The van der Waals surface area contributed by atoms with Crippen molar-refractivity contribution in [2.75, 3.05) is 13.4 Å². The molecule has 1 aliphatic rings. The van der Waals surface area contributed by atoms with Gasteiger partial charge in [0.25, 0.3) is 0 Å². The molecule has 0 saturated heterocycles. The van der Waals surface area contributed by atoms with Crippen molar-refractivity contribution in [3.05, 3.63) is 29.8 Å². The van der Waals surface area contributed by atoms with Crippen molar-refractivity contribution in [1.29, 1.82) is 0 Å². The Kier molecular flexibility index (Phi) is 3.97. The summed E-state index contributed by atoms with van der Waals surface area (Å²) in [6.45, 7) is 1.89. The van der Waals surface area contributed by atoms with Gasteiger partial charge in [-0.05, 0) is 43.7 Å². The van der Waals surface area contributed by atoms with Gasteiger partial charge >= 0.3 is 5.97 Å². The molecule has 2 rings (SSSR count). The third kappa shape index (κ3) is 2.70. The minimum absolute atomic E-state index is 0.230. The number of ether oxygens (including phenoxy) is 1. The smallest absolute Gasteiger partial charge is 0.330 e. The van der Waals surface area contributed by atoms with Crippen molar-refractivity contribution < 1.29 is 9.53 Å². The number of carbonyl (C=O) groups is 1. The summed E-state index contributed by atoms with van der Waals surface area (Å²) in [4.78, 5) is 13.3. The maximum Gasteiger partial charge on any atom is 0.330 e. The topological polar surface area (TPSA) is 38.3 Å². The minimum atomic E-state index is -0.743. The summed E-state index contributed by atoms with van der Waals surface area (Å²) < 4.78 is 4.95. The Morgan fingerprint density at radius 2 is 2.00 bits per heavy atom. The van der Waals surface area contributed by atoms with Gasteiger partial charge in [0.2, 0.25) is 0 Å². The first kappa shape index (κ1) is 13.4. The molecule has 0 amide bonds. The van der Waals surface area contributed by atoms with Gasteiger partial charge in [-0.2, -0.15) is 0 Å². The fourth-order valence-electron chi connectivity index (χ4n) is 2.02. The molecule has 1 aromatic rings. The molecule has 98 valence electrons. The summed E-state index contributed by atoms with van der Waals surface area (Å²) in [7, 11) is 1.44. The second-order valence-corrected chi connectivity index (χ2v) is 5.64. The summed E-state index contributed by atoms with van der Waals surface area (Å²) in [6, 6.07) is 8.51. The fourth-order valence-corrected chi connectivity index (χ4v) is 2.43. The monoisotopic (exact) mass is 265 g/mol. The predicted octanol–water partition coefficient (Wildman–Crippen LogP) is 2.55. The molecule has 1 unspecified atom stereocenters. The summed E-state index contributed by atoms with van der Waals surface area (Å²) in [6.07, 6.45) is 4.31. The molecule has 1 atom stereocenters. The third-order valence-electron chi connectivity index (χ3n) is 3.33. The highest BCUT2D eigenvalue weighted by molar-refractivity contribution is 7.98. The number of hydrogen-bond acceptors (Lipinski definition) is 4. The Morgan fingerprint density at radius 1 is 1.39 bits per heavy atom. The molecule has 1 aromatic carbocycles. The van der Waals surface area contributed by atoms with Gasteiger partial charge in [-0.3, -0.25) is 5.32 Å². The number of nitrogens with one attached hydrogen (secondary N) is 1. The number of benzene rings is 1. The van der Waals surface area contributed by atoms with Gasteiger partial charge in [-0.25, -0.2) is 4.79 Å². The van der Waals surface area contributed by atoms with Crippen LogP contribution in [0.3, 0.4) is 0 Å². The quantitative estimate of drug-likeness (QED) is 0.656. The molecule has 0 heterocycles. The van der Waals surface area contributed by atoms with Crippen LogP contribution >= 0.6 is 11.8 Å². The number of thioether (sulfide) groups is 1. The van der Waals surface area contributed by atoms with E-state index in [1.165, 1.54) is 12.0 Å². The zero-order valence-electron chi connectivity index (χ0n) is 11.0. The fraction of sp³-hybridized carbons (Fsp3) is 0.500. The van der Waals surface area contributed by atoms with Gasteiger partial charge in [-0.1, -0.05) is 12.1 Å². The average Bonchev–Trinajstić information content (AvgIpc) is 3.21. The summed E-state index contributed by atoms with van der Waals surface area (Å²) in [5.41, 5.74) is 0.214. The van der Waals surface area contributed by atoms with Crippen molar-refractivity contribution in [3.63, 3.8) is 0 Å². The molecule has 4 heteroatoms. The molecule has 1 fully saturated rings. The van der Waals surface area contributed by atoms with E-state index in [2.05, 4.69) is 5.32 Å². The third-order valence-corrected chi connectivity index (χ3v) is 4.07. The SMILES string of the molecule is COC(=O)C(C)(NC1CC1)c1ccc(SC)cc1. The molecule has 3 nitrogen and oxygen atoms in total. The lowest BCUT2D eigenvalue weighted by molar-refractivity contribution is -0.148. The van der Waals surface area contributed by atoms with E-state index in [9.17, 15) is 4.79 Å². The van der Waals surface area contributed by atoms with E-state index in [1.807, 2.05) is 37.4 Å². The van der Waals surface area contributed by atoms with Crippen LogP contribution in [0.4, 0.5) is 0 Å². The van der Waals surface area contributed by atoms with E-state index < -0.39 is 5.54 Å². The summed E-state index contributed by atoms with van der Waals surface area (Å²) in [5.74, 6) is -0.230. The summed E-state index contributed by atoms with van der Waals surface area (Å²) in [5, 5.41) is 3.39. The largest absolute Gasteiger partial charge is 0.467 e. The Hall–Kier alpha value is -1.00. The Labute approximate surface area is 112 Å². The molecule has 0 aliphatic heterocycles. The van der Waals surface area contributed by atoms with Crippen LogP contribution in [0.2, 0.25) is 0 Å². The lowest BCUT2D eigenvalue weighted by Crippen LogP contribution is -2.48. The van der Waals surface area contributed by atoms with E-state index in [0.717, 1.165) is 18.4 Å². The van der Waals surface area contributed by atoms with E-state index in [0.29, 0.717) is 6.04 Å². The van der Waals surface area contributed by atoms with Crippen LogP contribution in [-0.4, -0.2) is 25.4 Å². The van der Waals surface area contributed by atoms with Crippen molar-refractivity contribution in [2.24, 2.45) is 0 Å². The highest BCUT2D eigenvalue weighted by Crippen LogP contribution is 2.30. The molecular formula is C14H19NO2S. The number of hydrogen-bond donors (Lipinski definition) is 1. The number of esters is 1. The maximum atomic E-state index is 12.1. The van der Waals surface area contributed by atoms with Gasteiger partial charge in [0.15, 0.2) is 0 Å². The minimum Gasteiger partial charge on any atom is -0.467 e. The van der Waals surface area contributed by atoms with Gasteiger partial charge in [0, 0.05) is 10.9 Å². The van der Waals surface area contributed by atoms with Crippen LogP contribution in [0.1, 0.15) is 25.3 Å². The molecule has 18 heavy (non-hydrogen) atoms. The van der Waals surface area contributed by atoms with E-state index in [1.54, 1.807) is 11.8 Å². The zero-order valence-corrected chi connectivity index (χ0v) is 11.8. The van der Waals surface area contributed by atoms with Crippen molar-refractivity contribution in [1.82, 2.24) is 5.32 Å². The lowest BCUT2D eigenvalue weighted by Gasteiger charge is -2.28. The van der Waals surface area contributed by atoms with E-state index >= 15 is 0 Å². The number of carbonyl (C=O) groups excluding carboxylic acids is 1. The first-order valence-corrected chi connectivity index (χ1v) is 7.33. The van der Waals surface area contributed by atoms with Gasteiger partial charge in [0.05, 0.1) is 7.11 Å². The second-order valence-electron chi connectivity index (χ2n) is 4.76. The van der Waals surface area contributed by atoms with Crippen molar-refractivity contribution >= 4 is 17.7 Å². The molecule has 0 bridgehead atoms. The standard InChI is InChI=1S/C14H19NO2S/c1-14(13(16)17-2,15-11-6-7-11)10-4-8-12(18-3)9-5-10/h4-5,8-9,11,15H,6-7H2,1-3H3. The van der Waals surface area contributed by atoms with Crippen molar-refractivity contribution in [2.45, 2.75) is 36.2 Å². The van der Waals surface area contributed by atoms with Crippen LogP contribution < -0.4 is 5.32 Å². The Balaban J connectivity index is 2.28. The van der Waals surface area contributed by atoms with Crippen LogP contribution in [0, 0.1) is 0 Å². The number of rotatable bonds is 5. The first-order valence-electron chi connectivity index (χ1n) is 6.11. The average molecular weight is 265 g/mol. The second kappa shape index (κ2) is 5.33. The zero-order chi connectivity index (χ0) is 13.2. The molecule has 1 N–H and O–H groups in total. The van der Waals surface area contributed by atoms with Crippen LogP contribution in [0.25, 0.3) is 0 Å². The summed E-state index contributed by atoms with van der Waals surface area (Å²) >= 11 is 1.69. The normalized spacial score (nSPS) is 18.2. The maximum absolute atomic E-state index is 12.1.